The number of aryl methyl sites for hydroxylation is 1. The zero-order valence-electron chi connectivity index (χ0n) is 18.4. The van der Waals surface area contributed by atoms with Crippen LogP contribution in [0.4, 0.5) is 14.6 Å². The molecule has 0 bridgehead atoms. The molecular formula is C23H29F2N5O2. The number of hydrogen-bond donors (Lipinski definition) is 0. The van der Waals surface area contributed by atoms with Crippen molar-refractivity contribution in [1.82, 2.24) is 19.9 Å². The molecule has 3 fully saturated rings. The Hall–Kier alpha value is -2.29. The molecule has 3 atom stereocenters. The summed E-state index contributed by atoms with van der Waals surface area (Å²) in [6, 6.07) is 0.309. The quantitative estimate of drug-likeness (QED) is 0.716. The van der Waals surface area contributed by atoms with Crippen LogP contribution in [0.5, 0.6) is 11.9 Å². The van der Waals surface area contributed by atoms with Crippen LogP contribution in [0.25, 0.3) is 10.9 Å². The lowest BCUT2D eigenvalue weighted by molar-refractivity contribution is 0.107. The second-order valence-corrected chi connectivity index (χ2v) is 9.74. The van der Waals surface area contributed by atoms with E-state index in [0.29, 0.717) is 43.3 Å². The van der Waals surface area contributed by atoms with Crippen LogP contribution < -0.4 is 14.4 Å². The van der Waals surface area contributed by atoms with Crippen LogP contribution in [0.15, 0.2) is 0 Å². The third-order valence-electron chi connectivity index (χ3n) is 7.67. The van der Waals surface area contributed by atoms with Crippen LogP contribution in [0.3, 0.4) is 0 Å². The molecule has 3 saturated heterocycles. The van der Waals surface area contributed by atoms with Crippen LogP contribution in [0.2, 0.25) is 0 Å². The maximum atomic E-state index is 15.2. The van der Waals surface area contributed by atoms with Crippen LogP contribution in [-0.4, -0.2) is 70.5 Å². The summed E-state index contributed by atoms with van der Waals surface area (Å²) in [5.74, 6) is 0.566. The predicted molar refractivity (Wildman–Crippen MR) is 116 cm³/mol. The molecule has 2 aromatic rings. The number of nitrogens with zero attached hydrogens (tertiary/aromatic N) is 5. The molecule has 0 saturated carbocycles. The van der Waals surface area contributed by atoms with E-state index in [0.717, 1.165) is 51.6 Å². The van der Waals surface area contributed by atoms with Gasteiger partial charge in [0.15, 0.2) is 5.82 Å². The SMILES string of the molecule is Cc1nc2c3c(nc(OC[C@@]45CCCN4C[C@H](F)C5)nc3c1F)N1CCCCC[C@H]1CO2. The first-order chi connectivity index (χ1) is 15.5. The van der Waals surface area contributed by atoms with Crippen molar-refractivity contribution in [3.63, 3.8) is 0 Å². The minimum Gasteiger partial charge on any atom is -0.475 e. The average Bonchev–Trinajstić information content (AvgIpc) is 3.12. The standard InChI is InChI=1S/C23H29F2N5O2/c1-14-18(25)19-17-20(30-9-4-2-3-6-16(30)12-31-21(17)26-14)28-22(27-19)32-13-23-7-5-8-29(23)11-15(24)10-23/h15-16H,2-13H2,1H3/t15-,16+,23+/m1/s1. The van der Waals surface area contributed by atoms with Gasteiger partial charge < -0.3 is 14.4 Å². The summed E-state index contributed by atoms with van der Waals surface area (Å²) in [5.41, 5.74) is 0.127. The number of fused-ring (bicyclic) bond motifs is 3. The summed E-state index contributed by atoms with van der Waals surface area (Å²) in [6.07, 6.45) is 5.90. The molecule has 32 heavy (non-hydrogen) atoms. The monoisotopic (exact) mass is 445 g/mol. The van der Waals surface area contributed by atoms with Gasteiger partial charge in [-0.05, 0) is 39.2 Å². The Morgan fingerprint density at radius 3 is 2.97 bits per heavy atom. The maximum Gasteiger partial charge on any atom is 0.319 e. The van der Waals surface area contributed by atoms with Crippen molar-refractivity contribution in [1.29, 1.82) is 0 Å². The summed E-state index contributed by atoms with van der Waals surface area (Å²) in [4.78, 5) is 18.0. The Balaban J connectivity index is 1.42. The Morgan fingerprint density at radius 2 is 2.06 bits per heavy atom. The van der Waals surface area contributed by atoms with Gasteiger partial charge in [0.1, 0.15) is 36.1 Å². The lowest BCUT2D eigenvalue weighted by Gasteiger charge is -2.31. The summed E-state index contributed by atoms with van der Waals surface area (Å²) in [7, 11) is 0. The molecule has 7 nitrogen and oxygen atoms in total. The second kappa shape index (κ2) is 7.64. The molecule has 9 heteroatoms. The molecular weight excluding hydrogens is 416 g/mol. The molecule has 6 rings (SSSR count). The summed E-state index contributed by atoms with van der Waals surface area (Å²) in [6.45, 7) is 4.61. The Bertz CT molecular complexity index is 1050. The lowest BCUT2D eigenvalue weighted by atomic mass is 9.95. The van der Waals surface area contributed by atoms with E-state index in [2.05, 4.69) is 19.8 Å². The van der Waals surface area contributed by atoms with E-state index in [4.69, 9.17) is 14.5 Å². The number of rotatable bonds is 3. The van der Waals surface area contributed by atoms with Gasteiger partial charge in [0.05, 0.1) is 17.3 Å². The predicted octanol–water partition coefficient (Wildman–Crippen LogP) is 3.57. The molecule has 0 amide bonds. The van der Waals surface area contributed by atoms with Crippen molar-refractivity contribution in [3.05, 3.63) is 11.5 Å². The van der Waals surface area contributed by atoms with Gasteiger partial charge >= 0.3 is 6.01 Å². The van der Waals surface area contributed by atoms with Gasteiger partial charge in [-0.15, -0.1) is 0 Å². The smallest absolute Gasteiger partial charge is 0.319 e. The number of ether oxygens (including phenoxy) is 2. The summed E-state index contributed by atoms with van der Waals surface area (Å²) in [5, 5.41) is 0.523. The van der Waals surface area contributed by atoms with Gasteiger partial charge in [0.25, 0.3) is 0 Å². The fourth-order valence-electron chi connectivity index (χ4n) is 6.04. The van der Waals surface area contributed by atoms with Crippen molar-refractivity contribution in [2.24, 2.45) is 0 Å². The van der Waals surface area contributed by atoms with E-state index in [1.165, 1.54) is 0 Å². The number of alkyl halides is 1. The van der Waals surface area contributed by atoms with Gasteiger partial charge in [-0.2, -0.15) is 9.97 Å². The zero-order chi connectivity index (χ0) is 21.9. The Kier molecular flexibility index (Phi) is 4.85. The second-order valence-electron chi connectivity index (χ2n) is 9.74. The molecule has 0 unspecified atom stereocenters. The molecule has 172 valence electrons. The number of halogens is 2. The van der Waals surface area contributed by atoms with Gasteiger partial charge in [0, 0.05) is 19.5 Å². The van der Waals surface area contributed by atoms with Crippen molar-refractivity contribution < 1.29 is 18.3 Å². The molecule has 4 aliphatic rings. The number of aromatic nitrogens is 3. The molecule has 0 radical (unpaired) electrons. The highest BCUT2D eigenvalue weighted by molar-refractivity contribution is 5.95. The topological polar surface area (TPSA) is 63.6 Å². The highest BCUT2D eigenvalue weighted by Crippen LogP contribution is 2.42. The van der Waals surface area contributed by atoms with E-state index in [9.17, 15) is 4.39 Å². The molecule has 0 spiro atoms. The molecule has 2 aromatic heterocycles. The van der Waals surface area contributed by atoms with E-state index < -0.39 is 12.0 Å². The third kappa shape index (κ3) is 3.19. The lowest BCUT2D eigenvalue weighted by Crippen LogP contribution is -2.43. The largest absolute Gasteiger partial charge is 0.475 e. The van der Waals surface area contributed by atoms with E-state index in [-0.39, 0.29) is 28.8 Å². The average molecular weight is 446 g/mol. The molecule has 0 N–H and O–H groups in total. The fraction of sp³-hybridized carbons (Fsp3) is 0.696. The molecule has 0 aromatic carbocycles. The van der Waals surface area contributed by atoms with E-state index in [1.807, 2.05) is 0 Å². The van der Waals surface area contributed by atoms with Crippen molar-refractivity contribution in [3.8, 4) is 11.9 Å². The minimum atomic E-state index is -0.829. The van der Waals surface area contributed by atoms with Gasteiger partial charge in [-0.3, -0.25) is 4.90 Å². The Morgan fingerprint density at radius 1 is 1.16 bits per heavy atom. The number of hydrogen-bond acceptors (Lipinski definition) is 7. The summed E-state index contributed by atoms with van der Waals surface area (Å²) < 4.78 is 41.5. The number of anilines is 1. The Labute approximate surface area is 186 Å². The van der Waals surface area contributed by atoms with Crippen molar-refractivity contribution >= 4 is 16.7 Å². The van der Waals surface area contributed by atoms with Crippen LogP contribution in [-0.2, 0) is 0 Å². The maximum absolute atomic E-state index is 15.2. The van der Waals surface area contributed by atoms with Gasteiger partial charge in [-0.1, -0.05) is 12.8 Å². The number of pyridine rings is 1. The first-order valence-corrected chi connectivity index (χ1v) is 11.8. The highest BCUT2D eigenvalue weighted by atomic mass is 19.1. The van der Waals surface area contributed by atoms with Crippen LogP contribution in [0.1, 0.15) is 50.6 Å². The molecule has 4 aliphatic heterocycles. The fourth-order valence-corrected chi connectivity index (χ4v) is 6.04. The molecule has 6 heterocycles. The van der Waals surface area contributed by atoms with Crippen molar-refractivity contribution in [2.75, 3.05) is 37.7 Å². The van der Waals surface area contributed by atoms with Crippen LogP contribution in [0, 0.1) is 12.7 Å². The third-order valence-corrected chi connectivity index (χ3v) is 7.67. The first-order valence-electron chi connectivity index (χ1n) is 11.8. The van der Waals surface area contributed by atoms with Crippen molar-refractivity contribution in [2.45, 2.75) is 69.6 Å². The van der Waals surface area contributed by atoms with Crippen LogP contribution >= 0.6 is 0 Å². The zero-order valence-corrected chi connectivity index (χ0v) is 18.4. The van der Waals surface area contributed by atoms with Gasteiger partial charge in [-0.25, -0.2) is 13.8 Å². The van der Waals surface area contributed by atoms with E-state index >= 15 is 4.39 Å². The minimum absolute atomic E-state index is 0.149. The molecule has 0 aliphatic carbocycles. The van der Waals surface area contributed by atoms with Gasteiger partial charge in [0.2, 0.25) is 5.88 Å². The normalized spacial score (nSPS) is 29.9. The van der Waals surface area contributed by atoms with E-state index in [1.54, 1.807) is 6.92 Å². The summed E-state index contributed by atoms with van der Waals surface area (Å²) >= 11 is 0. The first kappa shape index (κ1) is 20.3. The highest BCUT2D eigenvalue weighted by Gasteiger charge is 2.49.